The Morgan fingerprint density at radius 2 is 2.09 bits per heavy atom. The number of hydrogen-bond acceptors (Lipinski definition) is 4. The number of aliphatic hydroxyl groups is 1. The van der Waals surface area contributed by atoms with Gasteiger partial charge >= 0.3 is 0 Å². The molecule has 0 amide bonds. The van der Waals surface area contributed by atoms with E-state index in [1.165, 1.54) is 5.56 Å². The van der Waals surface area contributed by atoms with E-state index in [1.54, 1.807) is 6.20 Å². The second-order valence-electron chi connectivity index (χ2n) is 6.46. The number of nitrogens with zero attached hydrogens (tertiary/aromatic N) is 3. The van der Waals surface area contributed by atoms with E-state index in [0.29, 0.717) is 12.5 Å². The lowest BCUT2D eigenvalue weighted by Gasteiger charge is -2.34. The predicted octanol–water partition coefficient (Wildman–Crippen LogP) is 2.20. The zero-order chi connectivity index (χ0) is 16.2. The molecule has 2 unspecified atom stereocenters. The van der Waals surface area contributed by atoms with Crippen LogP contribution in [0.15, 0.2) is 36.7 Å². The third kappa shape index (κ3) is 4.12. The summed E-state index contributed by atoms with van der Waals surface area (Å²) in [5.41, 5.74) is 1.25. The standard InChI is InChI=1S/C18H25N3O2/c1-14-7-9-21(12-17(14)22)11-15-3-5-16(6-4-15)23-13-18-19-8-10-20(18)2/h3-6,8,10,14,17,22H,7,9,11-13H2,1-2H3. The van der Waals surface area contributed by atoms with Crippen LogP contribution < -0.4 is 4.74 Å². The summed E-state index contributed by atoms with van der Waals surface area (Å²) in [7, 11) is 1.96. The molecule has 2 heterocycles. The van der Waals surface area contributed by atoms with E-state index >= 15 is 0 Å². The van der Waals surface area contributed by atoms with Crippen LogP contribution in [0.25, 0.3) is 0 Å². The Labute approximate surface area is 137 Å². The van der Waals surface area contributed by atoms with Gasteiger partial charge in [-0.15, -0.1) is 0 Å². The first-order chi connectivity index (χ1) is 11.1. The van der Waals surface area contributed by atoms with Crippen LogP contribution in [0, 0.1) is 5.92 Å². The van der Waals surface area contributed by atoms with E-state index in [4.69, 9.17) is 4.74 Å². The summed E-state index contributed by atoms with van der Waals surface area (Å²) in [4.78, 5) is 6.56. The number of imidazole rings is 1. The number of aromatic nitrogens is 2. The molecular weight excluding hydrogens is 290 g/mol. The molecule has 0 radical (unpaired) electrons. The molecule has 1 fully saturated rings. The Kier molecular flexibility index (Phi) is 4.98. The molecule has 3 rings (SSSR count). The Hall–Kier alpha value is -1.85. The van der Waals surface area contributed by atoms with E-state index in [0.717, 1.165) is 37.6 Å². The van der Waals surface area contributed by atoms with Crippen molar-refractivity contribution in [3.05, 3.63) is 48.0 Å². The van der Waals surface area contributed by atoms with Gasteiger partial charge in [0.1, 0.15) is 18.2 Å². The summed E-state index contributed by atoms with van der Waals surface area (Å²) in [6.45, 7) is 5.28. The molecule has 0 aliphatic carbocycles. The molecule has 0 saturated carbocycles. The van der Waals surface area contributed by atoms with Gasteiger partial charge in [0.05, 0.1) is 6.10 Å². The maximum atomic E-state index is 9.98. The molecule has 0 spiro atoms. The fourth-order valence-electron chi connectivity index (χ4n) is 2.89. The Morgan fingerprint density at radius 3 is 2.74 bits per heavy atom. The number of β-amino-alcohol motifs (C(OH)–C–C–N with tert-alkyl or cyclic N) is 1. The fourth-order valence-corrected chi connectivity index (χ4v) is 2.89. The van der Waals surface area contributed by atoms with Gasteiger partial charge in [0.2, 0.25) is 0 Å². The van der Waals surface area contributed by atoms with E-state index in [1.807, 2.05) is 29.9 Å². The van der Waals surface area contributed by atoms with E-state index in [-0.39, 0.29) is 6.10 Å². The average molecular weight is 315 g/mol. The Balaban J connectivity index is 1.52. The van der Waals surface area contributed by atoms with E-state index in [9.17, 15) is 5.11 Å². The number of aliphatic hydroxyl groups excluding tert-OH is 1. The molecule has 1 aliphatic rings. The lowest BCUT2D eigenvalue weighted by Crippen LogP contribution is -2.42. The van der Waals surface area contributed by atoms with Crippen molar-refractivity contribution in [1.29, 1.82) is 0 Å². The van der Waals surface area contributed by atoms with Crippen molar-refractivity contribution >= 4 is 0 Å². The maximum absolute atomic E-state index is 9.98. The van der Waals surface area contributed by atoms with Crippen LogP contribution in [0.3, 0.4) is 0 Å². The average Bonchev–Trinajstić information content (AvgIpc) is 2.95. The summed E-state index contributed by atoms with van der Waals surface area (Å²) in [6, 6.07) is 8.19. The van der Waals surface area contributed by atoms with Crippen LogP contribution in [0.5, 0.6) is 5.75 Å². The molecule has 1 aliphatic heterocycles. The van der Waals surface area contributed by atoms with Crippen LogP contribution >= 0.6 is 0 Å². The minimum absolute atomic E-state index is 0.204. The third-order valence-corrected chi connectivity index (χ3v) is 4.62. The third-order valence-electron chi connectivity index (χ3n) is 4.62. The number of hydrogen-bond donors (Lipinski definition) is 1. The number of piperidine rings is 1. The van der Waals surface area contributed by atoms with Crippen molar-refractivity contribution < 1.29 is 9.84 Å². The number of benzene rings is 1. The lowest BCUT2D eigenvalue weighted by atomic mass is 9.96. The van der Waals surface area contributed by atoms with Gasteiger partial charge in [0.15, 0.2) is 0 Å². The fraction of sp³-hybridized carbons (Fsp3) is 0.500. The van der Waals surface area contributed by atoms with Gasteiger partial charge in [-0.1, -0.05) is 19.1 Å². The predicted molar refractivity (Wildman–Crippen MR) is 89.0 cm³/mol. The lowest BCUT2D eigenvalue weighted by molar-refractivity contribution is 0.0259. The second-order valence-corrected chi connectivity index (χ2v) is 6.46. The van der Waals surface area contributed by atoms with Gasteiger partial charge in [-0.05, 0) is 36.6 Å². The van der Waals surface area contributed by atoms with Gasteiger partial charge in [-0.2, -0.15) is 0 Å². The van der Waals surface area contributed by atoms with E-state index in [2.05, 4.69) is 28.9 Å². The van der Waals surface area contributed by atoms with Gasteiger partial charge in [0, 0.05) is 32.5 Å². The molecule has 1 saturated heterocycles. The summed E-state index contributed by atoms with van der Waals surface area (Å²) in [5, 5.41) is 9.98. The topological polar surface area (TPSA) is 50.5 Å². The van der Waals surface area contributed by atoms with Crippen molar-refractivity contribution in [1.82, 2.24) is 14.5 Å². The first-order valence-electron chi connectivity index (χ1n) is 8.20. The van der Waals surface area contributed by atoms with Crippen molar-refractivity contribution in [3.8, 4) is 5.75 Å². The molecule has 23 heavy (non-hydrogen) atoms. The molecule has 1 N–H and O–H groups in total. The molecule has 1 aromatic carbocycles. The van der Waals surface area contributed by atoms with Crippen molar-refractivity contribution in [2.45, 2.75) is 32.6 Å². The van der Waals surface area contributed by atoms with Crippen molar-refractivity contribution in [3.63, 3.8) is 0 Å². The largest absolute Gasteiger partial charge is 0.486 e. The number of likely N-dealkylation sites (tertiary alicyclic amines) is 1. The van der Waals surface area contributed by atoms with Gasteiger partial charge < -0.3 is 14.4 Å². The van der Waals surface area contributed by atoms with Crippen LogP contribution in [-0.2, 0) is 20.2 Å². The highest BCUT2D eigenvalue weighted by atomic mass is 16.5. The Morgan fingerprint density at radius 1 is 1.30 bits per heavy atom. The van der Waals surface area contributed by atoms with Crippen LogP contribution in [0.2, 0.25) is 0 Å². The van der Waals surface area contributed by atoms with Gasteiger partial charge in [0.25, 0.3) is 0 Å². The minimum atomic E-state index is -0.204. The molecule has 1 aromatic heterocycles. The first kappa shape index (κ1) is 16.0. The minimum Gasteiger partial charge on any atom is -0.486 e. The summed E-state index contributed by atoms with van der Waals surface area (Å²) < 4.78 is 7.73. The summed E-state index contributed by atoms with van der Waals surface area (Å²) in [6.07, 6.45) is 4.54. The first-order valence-corrected chi connectivity index (χ1v) is 8.20. The number of ether oxygens (including phenoxy) is 1. The quantitative estimate of drug-likeness (QED) is 0.919. The molecule has 124 valence electrons. The van der Waals surface area contributed by atoms with Crippen LogP contribution in [-0.4, -0.2) is 38.8 Å². The van der Waals surface area contributed by atoms with E-state index < -0.39 is 0 Å². The van der Waals surface area contributed by atoms with Crippen LogP contribution in [0.4, 0.5) is 0 Å². The zero-order valence-electron chi connectivity index (χ0n) is 13.9. The smallest absolute Gasteiger partial charge is 0.146 e. The molecule has 5 nitrogen and oxygen atoms in total. The zero-order valence-corrected chi connectivity index (χ0v) is 13.9. The molecule has 2 atom stereocenters. The van der Waals surface area contributed by atoms with Crippen molar-refractivity contribution in [2.75, 3.05) is 13.1 Å². The highest BCUT2D eigenvalue weighted by molar-refractivity contribution is 5.27. The van der Waals surface area contributed by atoms with Gasteiger partial charge in [-0.3, -0.25) is 4.90 Å². The monoisotopic (exact) mass is 315 g/mol. The van der Waals surface area contributed by atoms with Gasteiger partial charge in [-0.25, -0.2) is 4.98 Å². The molecule has 5 heteroatoms. The summed E-state index contributed by atoms with van der Waals surface area (Å²) in [5.74, 6) is 2.17. The number of aryl methyl sites for hydroxylation is 1. The normalized spacial score (nSPS) is 22.2. The molecular formula is C18H25N3O2. The van der Waals surface area contributed by atoms with Crippen molar-refractivity contribution in [2.24, 2.45) is 13.0 Å². The highest BCUT2D eigenvalue weighted by Crippen LogP contribution is 2.20. The number of rotatable bonds is 5. The maximum Gasteiger partial charge on any atom is 0.146 e. The molecule has 0 bridgehead atoms. The van der Waals surface area contributed by atoms with Crippen LogP contribution in [0.1, 0.15) is 24.7 Å². The highest BCUT2D eigenvalue weighted by Gasteiger charge is 2.23. The second kappa shape index (κ2) is 7.15. The Bertz CT molecular complexity index is 623. The SMILES string of the molecule is CC1CCN(Cc2ccc(OCc3nccn3C)cc2)CC1O. The molecule has 2 aromatic rings. The summed E-state index contributed by atoms with van der Waals surface area (Å²) >= 11 is 0.